The maximum atomic E-state index is 12.9. The van der Waals surface area contributed by atoms with E-state index in [2.05, 4.69) is 176 Å². The number of nitrogens with zero attached hydrogens (tertiary/aromatic N) is 1. The third kappa shape index (κ3) is 53.4. The van der Waals surface area contributed by atoms with Gasteiger partial charge in [-0.1, -0.05) is 202 Å². The first-order valence-corrected chi connectivity index (χ1v) is 28.6. The SMILES string of the molecule is C/C=C/CC/C=C/CC/C=C/C(O)C(COP(=O)(O)OCC[N+](C)(C)C)NC(=O)CCCCCC/C=C\C/C=C\C/C=C\C/C=C\C/C=C\C/C=C\C/C=C\C/C=C\C/C=C\C/C=C\C/C=C\C/C=C\CC. The Labute approximate surface area is 440 Å². The highest BCUT2D eigenvalue weighted by Gasteiger charge is 2.27. The van der Waals surface area contributed by atoms with E-state index in [1.54, 1.807) is 6.08 Å². The highest BCUT2D eigenvalue weighted by Crippen LogP contribution is 2.43. The molecule has 0 rings (SSSR count). The van der Waals surface area contributed by atoms with Gasteiger partial charge in [0.15, 0.2) is 0 Å². The van der Waals surface area contributed by atoms with Crippen molar-refractivity contribution in [3.63, 3.8) is 0 Å². The lowest BCUT2D eigenvalue weighted by molar-refractivity contribution is -0.870. The minimum Gasteiger partial charge on any atom is -0.387 e. The Bertz CT molecular complexity index is 1810. The van der Waals surface area contributed by atoms with Crippen LogP contribution in [-0.4, -0.2) is 73.4 Å². The first-order chi connectivity index (χ1) is 35.0. The zero-order valence-electron chi connectivity index (χ0n) is 45.6. The van der Waals surface area contributed by atoms with Gasteiger partial charge < -0.3 is 19.8 Å². The first kappa shape index (κ1) is 67.6. The van der Waals surface area contributed by atoms with Gasteiger partial charge in [-0.15, -0.1) is 0 Å². The van der Waals surface area contributed by atoms with E-state index in [4.69, 9.17) is 9.05 Å². The van der Waals surface area contributed by atoms with E-state index in [1.807, 2.05) is 40.2 Å². The Balaban J connectivity index is 4.16. The van der Waals surface area contributed by atoms with Crippen LogP contribution < -0.4 is 5.32 Å². The Morgan fingerprint density at radius 2 is 0.861 bits per heavy atom. The van der Waals surface area contributed by atoms with Crippen LogP contribution in [0.1, 0.15) is 155 Å². The standard InChI is InChI=1S/C63H99N2O6P/c1-6-8-10-12-14-16-17-18-19-20-21-22-23-24-25-26-27-28-29-30-31-32-33-34-35-36-37-38-39-40-41-42-43-44-45-46-47-49-51-53-55-57-63(67)64-61(60-71-72(68,69)70-59-58-65(3,4)5)62(66)56-54-52-50-48-15-13-11-9-7-2/h7-10,14-16,18-19,21-22,24-25,27-28,30-31,33-34,36-37,39-40,42-43,45-46,48,54,56,61-62,66H,6,11-13,17,20,23,26,29,32,35,38,41,44,47,49-53,55,57-60H2,1-5H3,(H-,64,67,68,69)/p+1/b9-7+,10-8-,16-14-,19-18-,22-21-,25-24-,28-27-,31-30-,34-33-,37-36-,40-39-,43-42-,46-45-,48-15+,56-54+. The second-order valence-corrected chi connectivity index (χ2v) is 20.0. The molecule has 8 nitrogen and oxygen atoms in total. The predicted molar refractivity (Wildman–Crippen MR) is 313 cm³/mol. The first-order valence-electron chi connectivity index (χ1n) is 27.1. The number of aliphatic hydroxyl groups is 1. The van der Waals surface area contributed by atoms with Gasteiger partial charge in [0.05, 0.1) is 39.9 Å². The van der Waals surface area contributed by atoms with Crippen molar-refractivity contribution in [1.29, 1.82) is 0 Å². The van der Waals surface area contributed by atoms with Crippen molar-refractivity contribution in [1.82, 2.24) is 5.32 Å². The quantitative estimate of drug-likeness (QED) is 0.0243. The van der Waals surface area contributed by atoms with Gasteiger partial charge in [0, 0.05) is 6.42 Å². The average Bonchev–Trinajstić information content (AvgIpc) is 3.34. The summed E-state index contributed by atoms with van der Waals surface area (Å²) in [5.41, 5.74) is 0. The smallest absolute Gasteiger partial charge is 0.387 e. The number of phosphoric ester groups is 1. The molecule has 402 valence electrons. The van der Waals surface area contributed by atoms with Gasteiger partial charge in [0.25, 0.3) is 0 Å². The summed E-state index contributed by atoms with van der Waals surface area (Å²) in [7, 11) is 1.49. The van der Waals surface area contributed by atoms with Crippen molar-refractivity contribution in [3.8, 4) is 0 Å². The summed E-state index contributed by atoms with van der Waals surface area (Å²) >= 11 is 0. The van der Waals surface area contributed by atoms with Crippen LogP contribution in [0.2, 0.25) is 0 Å². The van der Waals surface area contributed by atoms with Crippen LogP contribution in [-0.2, 0) is 18.4 Å². The normalized spacial score (nSPS) is 15.4. The van der Waals surface area contributed by atoms with Gasteiger partial charge in [-0.3, -0.25) is 13.8 Å². The average molecular weight is 1010 g/mol. The van der Waals surface area contributed by atoms with E-state index in [0.717, 1.165) is 135 Å². The second-order valence-electron chi connectivity index (χ2n) is 18.5. The zero-order chi connectivity index (χ0) is 52.7. The highest BCUT2D eigenvalue weighted by atomic mass is 31.2. The summed E-state index contributed by atoms with van der Waals surface area (Å²) < 4.78 is 23.5. The molecule has 0 aromatic rings. The van der Waals surface area contributed by atoms with Crippen LogP contribution in [0.25, 0.3) is 0 Å². The third-order valence-corrected chi connectivity index (χ3v) is 11.7. The van der Waals surface area contributed by atoms with Gasteiger partial charge in [-0.2, -0.15) is 0 Å². The van der Waals surface area contributed by atoms with Crippen molar-refractivity contribution in [2.24, 2.45) is 0 Å². The molecule has 1 amide bonds. The number of hydrogen-bond donors (Lipinski definition) is 3. The van der Waals surface area contributed by atoms with Gasteiger partial charge in [-0.05, 0) is 129 Å². The van der Waals surface area contributed by atoms with Crippen molar-refractivity contribution >= 4 is 13.7 Å². The molecular weight excluding hydrogens is 912 g/mol. The van der Waals surface area contributed by atoms with Crippen molar-refractivity contribution in [2.45, 2.75) is 167 Å². The Morgan fingerprint density at radius 1 is 0.500 bits per heavy atom. The molecule has 0 saturated carbocycles. The molecule has 3 atom stereocenters. The van der Waals surface area contributed by atoms with Crippen LogP contribution >= 0.6 is 7.82 Å². The fourth-order valence-corrected chi connectivity index (χ4v) is 7.21. The van der Waals surface area contributed by atoms with Crippen LogP contribution in [0.5, 0.6) is 0 Å². The van der Waals surface area contributed by atoms with Crippen LogP contribution in [0.3, 0.4) is 0 Å². The maximum Gasteiger partial charge on any atom is 0.472 e. The van der Waals surface area contributed by atoms with Gasteiger partial charge in [0.1, 0.15) is 13.2 Å². The summed E-state index contributed by atoms with van der Waals surface area (Å²) in [5, 5.41) is 13.7. The molecule has 0 fully saturated rings. The van der Waals surface area contributed by atoms with Gasteiger partial charge in [-0.25, -0.2) is 4.57 Å². The van der Waals surface area contributed by atoms with E-state index in [1.165, 1.54) is 0 Å². The van der Waals surface area contributed by atoms with Gasteiger partial charge in [0.2, 0.25) is 5.91 Å². The highest BCUT2D eigenvalue weighted by molar-refractivity contribution is 7.47. The summed E-state index contributed by atoms with van der Waals surface area (Å²) in [6.07, 6.45) is 84.6. The van der Waals surface area contributed by atoms with E-state index < -0.39 is 20.0 Å². The number of amides is 1. The van der Waals surface area contributed by atoms with Crippen LogP contribution in [0.4, 0.5) is 0 Å². The Kier molecular flexibility index (Phi) is 48.4. The largest absolute Gasteiger partial charge is 0.472 e. The lowest BCUT2D eigenvalue weighted by atomic mass is 10.1. The molecule has 0 saturated heterocycles. The Morgan fingerprint density at radius 3 is 1.26 bits per heavy atom. The van der Waals surface area contributed by atoms with Crippen molar-refractivity contribution in [2.75, 3.05) is 40.9 Å². The number of rotatable bonds is 46. The number of carbonyl (C=O) groups excluding carboxylic acids is 1. The van der Waals surface area contributed by atoms with Gasteiger partial charge >= 0.3 is 7.82 Å². The molecule has 0 bridgehead atoms. The van der Waals surface area contributed by atoms with E-state index in [0.29, 0.717) is 17.4 Å². The molecule has 3 unspecified atom stereocenters. The monoisotopic (exact) mass is 1010 g/mol. The molecule has 0 heterocycles. The van der Waals surface area contributed by atoms with Crippen LogP contribution in [0.15, 0.2) is 182 Å². The summed E-state index contributed by atoms with van der Waals surface area (Å²) in [6, 6.07) is -0.895. The second kappa shape index (κ2) is 51.5. The molecule has 72 heavy (non-hydrogen) atoms. The number of likely N-dealkylation sites (N-methyl/N-ethyl adjacent to an activating group) is 1. The molecule has 0 aliphatic rings. The number of hydrogen-bond acceptors (Lipinski definition) is 5. The fourth-order valence-electron chi connectivity index (χ4n) is 6.47. The minimum absolute atomic E-state index is 0.0373. The maximum absolute atomic E-state index is 12.9. The molecule has 0 aromatic heterocycles. The molecule has 9 heteroatoms. The number of nitrogens with one attached hydrogen (secondary N) is 1. The lowest BCUT2D eigenvalue weighted by Gasteiger charge is -2.25. The summed E-state index contributed by atoms with van der Waals surface area (Å²) in [6.45, 7) is 4.37. The minimum atomic E-state index is -4.37. The Hall–Kier alpha value is -4.40. The van der Waals surface area contributed by atoms with Crippen LogP contribution in [0, 0.1) is 0 Å². The predicted octanol–water partition coefficient (Wildman–Crippen LogP) is 16.6. The van der Waals surface area contributed by atoms with Crippen molar-refractivity contribution in [3.05, 3.63) is 182 Å². The van der Waals surface area contributed by atoms with Crippen molar-refractivity contribution < 1.29 is 32.9 Å². The topological polar surface area (TPSA) is 105 Å². The molecule has 0 aromatic carbocycles. The summed E-state index contributed by atoms with van der Waals surface area (Å²) in [4.78, 5) is 23.1. The molecule has 0 radical (unpaired) electrons. The molecular formula is C63H100N2O6P+. The molecule has 0 aliphatic heterocycles. The summed E-state index contributed by atoms with van der Waals surface area (Å²) in [5.74, 6) is -0.229. The molecule has 0 spiro atoms. The lowest BCUT2D eigenvalue weighted by Crippen LogP contribution is -2.45. The van der Waals surface area contributed by atoms with E-state index in [-0.39, 0.29) is 19.1 Å². The molecule has 0 aliphatic carbocycles. The molecule has 3 N–H and O–H groups in total. The number of quaternary nitrogens is 1. The zero-order valence-corrected chi connectivity index (χ0v) is 46.5. The van der Waals surface area contributed by atoms with E-state index in [9.17, 15) is 19.4 Å². The third-order valence-electron chi connectivity index (χ3n) is 10.7. The number of unbranched alkanes of at least 4 members (excludes halogenated alkanes) is 6. The fraction of sp³-hybridized carbons (Fsp3) is 0.508. The number of phosphoric acid groups is 1. The number of aliphatic hydroxyl groups excluding tert-OH is 1. The van der Waals surface area contributed by atoms with E-state index >= 15 is 0 Å². The number of allylic oxidation sites excluding steroid dienone is 29. The number of carbonyl (C=O) groups is 1.